The monoisotopic (exact) mass is 515 g/mol. The van der Waals surface area contributed by atoms with Crippen LogP contribution in [0.15, 0.2) is 65.8 Å². The molecule has 0 aliphatic carbocycles. The molecule has 2 N–H and O–H groups in total. The van der Waals surface area contributed by atoms with Gasteiger partial charge in [0.05, 0.1) is 11.6 Å². The highest BCUT2D eigenvalue weighted by atomic mass is 127. The lowest BCUT2D eigenvalue weighted by Crippen LogP contribution is -2.38. The molecule has 6 heteroatoms. The molecule has 0 radical (unpaired) electrons. The van der Waals surface area contributed by atoms with E-state index in [1.807, 2.05) is 19.3 Å². The maximum Gasteiger partial charge on any atom is 0.191 e. The molecule has 3 aromatic rings. The maximum absolute atomic E-state index is 4.54. The van der Waals surface area contributed by atoms with E-state index in [4.69, 9.17) is 0 Å². The van der Waals surface area contributed by atoms with E-state index in [0.29, 0.717) is 6.54 Å². The summed E-state index contributed by atoms with van der Waals surface area (Å²) in [6.45, 7) is 5.17. The van der Waals surface area contributed by atoms with Crippen molar-refractivity contribution in [2.24, 2.45) is 4.99 Å². The van der Waals surface area contributed by atoms with Gasteiger partial charge in [-0.2, -0.15) is 0 Å². The number of fused-ring (bicyclic) bond motifs is 1. The minimum absolute atomic E-state index is 0. The Balaban J connectivity index is 0.00000256. The van der Waals surface area contributed by atoms with E-state index in [2.05, 4.69) is 81.0 Å². The number of rotatable bonds is 5. The molecule has 1 atom stereocenters. The highest BCUT2D eigenvalue weighted by Gasteiger charge is 2.14. The normalized spacial score (nSPS) is 15.0. The van der Waals surface area contributed by atoms with Crippen molar-refractivity contribution >= 4 is 46.5 Å². The van der Waals surface area contributed by atoms with Gasteiger partial charge < -0.3 is 15.5 Å². The van der Waals surface area contributed by atoms with E-state index in [-0.39, 0.29) is 30.0 Å². The third-order valence-corrected chi connectivity index (χ3v) is 5.58. The van der Waals surface area contributed by atoms with Gasteiger partial charge in [-0.3, -0.25) is 9.98 Å². The summed E-state index contributed by atoms with van der Waals surface area (Å²) in [5.41, 5.74) is 4.78. The van der Waals surface area contributed by atoms with Gasteiger partial charge in [0.15, 0.2) is 5.96 Å². The molecule has 158 valence electrons. The number of hydrogen-bond donors (Lipinski definition) is 2. The highest BCUT2D eigenvalue weighted by molar-refractivity contribution is 14.0. The largest absolute Gasteiger partial charge is 0.372 e. The Labute approximate surface area is 196 Å². The number of para-hydroxylation sites is 1. The predicted molar refractivity (Wildman–Crippen MR) is 137 cm³/mol. The van der Waals surface area contributed by atoms with E-state index in [1.165, 1.54) is 24.1 Å². The van der Waals surface area contributed by atoms with Crippen LogP contribution < -0.4 is 15.5 Å². The van der Waals surface area contributed by atoms with Crippen LogP contribution in [0.25, 0.3) is 10.9 Å². The average Bonchev–Trinajstić information content (AvgIpc) is 3.31. The van der Waals surface area contributed by atoms with E-state index >= 15 is 0 Å². The molecule has 0 bridgehead atoms. The van der Waals surface area contributed by atoms with E-state index in [9.17, 15) is 0 Å². The molecule has 1 unspecified atom stereocenters. The summed E-state index contributed by atoms with van der Waals surface area (Å²) >= 11 is 0. The van der Waals surface area contributed by atoms with Crippen LogP contribution in [0.3, 0.4) is 0 Å². The zero-order valence-corrected chi connectivity index (χ0v) is 20.0. The molecule has 1 saturated heterocycles. The van der Waals surface area contributed by atoms with Gasteiger partial charge in [-0.05, 0) is 49.1 Å². The summed E-state index contributed by atoms with van der Waals surface area (Å²) in [5.74, 6) is 0.789. The molecule has 30 heavy (non-hydrogen) atoms. The van der Waals surface area contributed by atoms with Gasteiger partial charge >= 0.3 is 0 Å². The lowest BCUT2D eigenvalue weighted by atomic mass is 10.1. The van der Waals surface area contributed by atoms with Gasteiger partial charge in [-0.25, -0.2) is 0 Å². The molecule has 1 fully saturated rings. The number of hydrogen-bond acceptors (Lipinski definition) is 3. The second-order valence-electron chi connectivity index (χ2n) is 7.57. The van der Waals surface area contributed by atoms with Gasteiger partial charge in [0.25, 0.3) is 0 Å². The number of aromatic nitrogens is 1. The smallest absolute Gasteiger partial charge is 0.191 e. The third kappa shape index (κ3) is 5.22. The lowest BCUT2D eigenvalue weighted by molar-refractivity contribution is 0.685. The number of guanidine groups is 1. The summed E-state index contributed by atoms with van der Waals surface area (Å²) in [7, 11) is 1.81. The lowest BCUT2D eigenvalue weighted by Gasteiger charge is -2.22. The number of pyridine rings is 1. The Kier molecular flexibility index (Phi) is 7.90. The Morgan fingerprint density at radius 3 is 2.67 bits per heavy atom. The van der Waals surface area contributed by atoms with Crippen molar-refractivity contribution in [3.63, 3.8) is 0 Å². The summed E-state index contributed by atoms with van der Waals surface area (Å²) < 4.78 is 0. The zero-order chi connectivity index (χ0) is 20.1. The molecule has 5 nitrogen and oxygen atoms in total. The first-order valence-electron chi connectivity index (χ1n) is 10.4. The predicted octanol–water partition coefficient (Wildman–Crippen LogP) is 4.88. The number of halogens is 1. The molecular formula is C24H30IN5. The van der Waals surface area contributed by atoms with Crippen molar-refractivity contribution in [3.8, 4) is 0 Å². The van der Waals surface area contributed by atoms with Crippen molar-refractivity contribution in [1.82, 2.24) is 15.6 Å². The van der Waals surface area contributed by atoms with Crippen molar-refractivity contribution in [1.29, 1.82) is 0 Å². The Morgan fingerprint density at radius 2 is 1.87 bits per heavy atom. The first-order valence-corrected chi connectivity index (χ1v) is 10.4. The van der Waals surface area contributed by atoms with Crippen molar-refractivity contribution in [3.05, 3.63) is 71.9 Å². The Bertz CT molecular complexity index is 992. The molecule has 2 heterocycles. The van der Waals surface area contributed by atoms with Crippen molar-refractivity contribution < 1.29 is 0 Å². The zero-order valence-electron chi connectivity index (χ0n) is 17.6. The summed E-state index contributed by atoms with van der Waals surface area (Å²) in [4.78, 5) is 11.4. The maximum atomic E-state index is 4.54. The molecule has 0 saturated carbocycles. The molecule has 4 rings (SSSR count). The minimum Gasteiger partial charge on any atom is -0.372 e. The average molecular weight is 515 g/mol. The molecule has 1 aliphatic rings. The van der Waals surface area contributed by atoms with Gasteiger partial charge in [-0.1, -0.05) is 36.4 Å². The summed E-state index contributed by atoms with van der Waals surface area (Å²) in [6.07, 6.45) is 4.42. The fourth-order valence-corrected chi connectivity index (χ4v) is 3.94. The fraction of sp³-hybridized carbons (Fsp3) is 0.333. The van der Waals surface area contributed by atoms with Gasteiger partial charge in [0.1, 0.15) is 0 Å². The van der Waals surface area contributed by atoms with Crippen LogP contribution in [0.1, 0.15) is 36.9 Å². The Hall–Kier alpha value is -2.35. The molecular weight excluding hydrogens is 485 g/mol. The number of nitrogens with zero attached hydrogens (tertiary/aromatic N) is 3. The van der Waals surface area contributed by atoms with Gasteiger partial charge in [-0.15, -0.1) is 24.0 Å². The quantitative estimate of drug-likeness (QED) is 0.289. The minimum atomic E-state index is 0. The highest BCUT2D eigenvalue weighted by Crippen LogP contribution is 2.24. The van der Waals surface area contributed by atoms with E-state index in [0.717, 1.165) is 35.5 Å². The number of benzene rings is 2. The number of aliphatic imine (C=N–C) groups is 1. The third-order valence-electron chi connectivity index (χ3n) is 5.58. The van der Waals surface area contributed by atoms with E-state index in [1.54, 1.807) is 0 Å². The van der Waals surface area contributed by atoms with Crippen molar-refractivity contribution in [2.75, 3.05) is 25.0 Å². The number of anilines is 1. The summed E-state index contributed by atoms with van der Waals surface area (Å²) in [6, 6.07) is 19.3. The fourth-order valence-electron chi connectivity index (χ4n) is 3.94. The van der Waals surface area contributed by atoms with Gasteiger partial charge in [0, 0.05) is 44.0 Å². The van der Waals surface area contributed by atoms with Crippen LogP contribution in [-0.2, 0) is 6.54 Å². The second kappa shape index (κ2) is 10.6. The molecule has 0 amide bonds. The first kappa shape index (κ1) is 22.3. The summed E-state index contributed by atoms with van der Waals surface area (Å²) in [5, 5.41) is 8.11. The number of nitrogens with one attached hydrogen (secondary N) is 2. The van der Waals surface area contributed by atoms with Crippen LogP contribution in [0.2, 0.25) is 0 Å². The van der Waals surface area contributed by atoms with Crippen LogP contribution in [0.4, 0.5) is 5.69 Å². The van der Waals surface area contributed by atoms with Gasteiger partial charge in [0.2, 0.25) is 0 Å². The second-order valence-corrected chi connectivity index (χ2v) is 7.57. The molecule has 2 aromatic carbocycles. The first-order chi connectivity index (χ1) is 14.2. The van der Waals surface area contributed by atoms with Crippen LogP contribution in [0.5, 0.6) is 0 Å². The Morgan fingerprint density at radius 1 is 1.10 bits per heavy atom. The topological polar surface area (TPSA) is 52.6 Å². The molecule has 1 aromatic heterocycles. The molecule has 0 spiro atoms. The van der Waals surface area contributed by atoms with Crippen LogP contribution in [-0.4, -0.2) is 31.1 Å². The van der Waals surface area contributed by atoms with Crippen LogP contribution in [0, 0.1) is 0 Å². The standard InChI is InChI=1S/C24H29N5.HI/c1-18(20-9-6-12-22(16-20)29-14-3-4-15-29)28-24(25-2)27-17-21-10-5-8-19-11-7-13-26-23(19)21;/h5-13,16,18H,3-4,14-15,17H2,1-2H3,(H2,25,27,28);1H. The molecule has 1 aliphatic heterocycles. The van der Waals surface area contributed by atoms with Crippen molar-refractivity contribution in [2.45, 2.75) is 32.4 Å². The van der Waals surface area contributed by atoms with E-state index < -0.39 is 0 Å². The SMILES string of the molecule is CN=C(NCc1cccc2cccnc12)NC(C)c1cccc(N2CCCC2)c1.I. The van der Waals surface area contributed by atoms with Crippen LogP contribution >= 0.6 is 24.0 Å².